The summed E-state index contributed by atoms with van der Waals surface area (Å²) < 4.78 is 0. The van der Waals surface area contributed by atoms with Gasteiger partial charge in [-0.1, -0.05) is 6.07 Å². The van der Waals surface area contributed by atoms with Crippen LogP contribution in [0.15, 0.2) is 18.3 Å². The zero-order valence-electron chi connectivity index (χ0n) is 10.9. The van der Waals surface area contributed by atoms with Crippen LogP contribution in [-0.2, 0) is 6.54 Å². The molecule has 0 aliphatic carbocycles. The summed E-state index contributed by atoms with van der Waals surface area (Å²) in [4.78, 5) is 22.3. The van der Waals surface area contributed by atoms with Gasteiger partial charge in [-0.2, -0.15) is 4.98 Å². The van der Waals surface area contributed by atoms with Gasteiger partial charge in [-0.05, 0) is 37.1 Å². The fourth-order valence-electron chi connectivity index (χ4n) is 1.66. The molecule has 8 heteroatoms. The summed E-state index contributed by atoms with van der Waals surface area (Å²) >= 11 is 5.73. The lowest BCUT2D eigenvalue weighted by atomic mass is 10.2. The molecule has 0 atom stereocenters. The second-order valence-electron chi connectivity index (χ2n) is 4.19. The highest BCUT2D eigenvalue weighted by Crippen LogP contribution is 2.26. The molecule has 2 aromatic rings. The van der Waals surface area contributed by atoms with E-state index in [-0.39, 0.29) is 22.5 Å². The molecule has 0 aliphatic heterocycles. The molecule has 0 saturated carbocycles. The van der Waals surface area contributed by atoms with E-state index in [0.29, 0.717) is 6.54 Å². The van der Waals surface area contributed by atoms with Gasteiger partial charge in [0.2, 0.25) is 11.1 Å². The van der Waals surface area contributed by atoms with Crippen LogP contribution in [0.1, 0.15) is 17.0 Å². The maximum absolute atomic E-state index is 11.0. The van der Waals surface area contributed by atoms with Gasteiger partial charge in [0.25, 0.3) is 0 Å². The van der Waals surface area contributed by atoms with E-state index in [4.69, 9.17) is 11.6 Å². The lowest BCUT2D eigenvalue weighted by molar-refractivity contribution is -0.385. The topological polar surface area (TPSA) is 93.8 Å². The largest absolute Gasteiger partial charge is 0.360 e. The molecule has 2 heterocycles. The SMILES string of the molecule is Cc1ccc(CNc2nc(Cl)nc(C)c2[N+](=O)[O-])cn1. The normalized spacial score (nSPS) is 10.3. The Balaban J connectivity index is 2.24. The quantitative estimate of drug-likeness (QED) is 0.529. The van der Waals surface area contributed by atoms with E-state index in [1.807, 2.05) is 19.1 Å². The lowest BCUT2D eigenvalue weighted by Crippen LogP contribution is -2.08. The first-order valence-electron chi connectivity index (χ1n) is 5.81. The highest BCUT2D eigenvalue weighted by atomic mass is 35.5. The number of aromatic nitrogens is 3. The van der Waals surface area contributed by atoms with Gasteiger partial charge in [0, 0.05) is 18.4 Å². The molecule has 0 unspecified atom stereocenters. The molecule has 0 bridgehead atoms. The molecular weight excluding hydrogens is 282 g/mol. The Morgan fingerprint density at radius 1 is 1.35 bits per heavy atom. The van der Waals surface area contributed by atoms with Crippen LogP contribution in [0.4, 0.5) is 11.5 Å². The van der Waals surface area contributed by atoms with Crippen LogP contribution in [0, 0.1) is 24.0 Å². The zero-order chi connectivity index (χ0) is 14.7. The monoisotopic (exact) mass is 293 g/mol. The molecule has 20 heavy (non-hydrogen) atoms. The highest BCUT2D eigenvalue weighted by Gasteiger charge is 2.21. The standard InChI is InChI=1S/C12H12ClN5O2/c1-7-3-4-9(5-14-7)6-15-11-10(18(19)20)8(2)16-12(13)17-11/h3-5H,6H2,1-2H3,(H,15,16,17). The highest BCUT2D eigenvalue weighted by molar-refractivity contribution is 6.28. The third-order valence-corrected chi connectivity index (χ3v) is 2.82. The van der Waals surface area contributed by atoms with Crippen molar-refractivity contribution in [1.29, 1.82) is 0 Å². The predicted molar refractivity (Wildman–Crippen MR) is 74.7 cm³/mol. The maximum atomic E-state index is 11.0. The van der Waals surface area contributed by atoms with Gasteiger partial charge in [-0.25, -0.2) is 4.98 Å². The van der Waals surface area contributed by atoms with Crippen LogP contribution in [0.25, 0.3) is 0 Å². The minimum atomic E-state index is -0.526. The molecule has 0 aliphatic rings. The van der Waals surface area contributed by atoms with Crippen LogP contribution in [0.5, 0.6) is 0 Å². The van der Waals surface area contributed by atoms with Crippen molar-refractivity contribution in [2.75, 3.05) is 5.32 Å². The van der Waals surface area contributed by atoms with Crippen LogP contribution in [0.2, 0.25) is 5.28 Å². The molecule has 1 N–H and O–H groups in total. The number of nitrogens with one attached hydrogen (secondary N) is 1. The van der Waals surface area contributed by atoms with Crippen molar-refractivity contribution in [2.45, 2.75) is 20.4 Å². The molecule has 0 saturated heterocycles. The average Bonchev–Trinajstić information content (AvgIpc) is 2.36. The van der Waals surface area contributed by atoms with Gasteiger partial charge in [0.1, 0.15) is 5.69 Å². The fraction of sp³-hybridized carbons (Fsp3) is 0.250. The minimum Gasteiger partial charge on any atom is -0.360 e. The summed E-state index contributed by atoms with van der Waals surface area (Å²) in [5.74, 6) is 0.105. The van der Waals surface area contributed by atoms with Crippen LogP contribution in [-0.4, -0.2) is 19.9 Å². The first-order chi connectivity index (χ1) is 9.47. The van der Waals surface area contributed by atoms with Gasteiger partial charge in [0.15, 0.2) is 0 Å². The van der Waals surface area contributed by atoms with Crippen molar-refractivity contribution in [2.24, 2.45) is 0 Å². The second kappa shape index (κ2) is 5.79. The Morgan fingerprint density at radius 3 is 2.70 bits per heavy atom. The van der Waals surface area contributed by atoms with Crippen molar-refractivity contribution in [3.8, 4) is 0 Å². The summed E-state index contributed by atoms with van der Waals surface area (Å²) in [6.07, 6.45) is 1.70. The summed E-state index contributed by atoms with van der Waals surface area (Å²) in [5, 5.41) is 13.9. The van der Waals surface area contributed by atoms with Gasteiger partial charge in [0.05, 0.1) is 4.92 Å². The molecule has 0 fully saturated rings. The number of hydrogen-bond donors (Lipinski definition) is 1. The number of anilines is 1. The molecular formula is C12H12ClN5O2. The van der Waals surface area contributed by atoms with Gasteiger partial charge in [-0.15, -0.1) is 0 Å². The molecule has 2 rings (SSSR count). The molecule has 0 radical (unpaired) electrons. The lowest BCUT2D eigenvalue weighted by Gasteiger charge is -2.07. The second-order valence-corrected chi connectivity index (χ2v) is 4.53. The Labute approximate surface area is 120 Å². The Hall–Kier alpha value is -2.28. The number of aryl methyl sites for hydroxylation is 2. The van der Waals surface area contributed by atoms with Crippen molar-refractivity contribution in [3.05, 3.63) is 50.7 Å². The van der Waals surface area contributed by atoms with E-state index in [9.17, 15) is 10.1 Å². The van der Waals surface area contributed by atoms with Gasteiger partial charge in [-0.3, -0.25) is 15.1 Å². The van der Waals surface area contributed by atoms with E-state index < -0.39 is 4.92 Å². The predicted octanol–water partition coefficient (Wildman–Crippen LogP) is 2.66. The minimum absolute atomic E-state index is 0.0300. The third kappa shape index (κ3) is 3.18. The van der Waals surface area contributed by atoms with Gasteiger partial charge >= 0.3 is 5.69 Å². The number of rotatable bonds is 4. The van der Waals surface area contributed by atoms with E-state index in [2.05, 4.69) is 20.3 Å². The number of halogens is 1. The van der Waals surface area contributed by atoms with E-state index >= 15 is 0 Å². The Kier molecular flexibility index (Phi) is 4.09. The van der Waals surface area contributed by atoms with Crippen LogP contribution in [0.3, 0.4) is 0 Å². The van der Waals surface area contributed by atoms with Crippen molar-refractivity contribution in [1.82, 2.24) is 15.0 Å². The smallest absolute Gasteiger partial charge is 0.332 e. The molecule has 0 amide bonds. The number of nitro groups is 1. The average molecular weight is 294 g/mol. The Bertz CT molecular complexity index is 645. The first kappa shape index (κ1) is 14.1. The van der Waals surface area contributed by atoms with Crippen molar-refractivity contribution < 1.29 is 4.92 Å². The molecule has 104 valence electrons. The molecule has 7 nitrogen and oxygen atoms in total. The van der Waals surface area contributed by atoms with E-state index in [1.54, 1.807) is 6.20 Å². The van der Waals surface area contributed by atoms with Crippen molar-refractivity contribution in [3.63, 3.8) is 0 Å². The number of hydrogen-bond acceptors (Lipinski definition) is 6. The molecule has 2 aromatic heterocycles. The number of nitrogens with zero attached hydrogens (tertiary/aromatic N) is 4. The third-order valence-electron chi connectivity index (χ3n) is 2.65. The van der Waals surface area contributed by atoms with Crippen LogP contribution >= 0.6 is 11.6 Å². The zero-order valence-corrected chi connectivity index (χ0v) is 11.7. The van der Waals surface area contributed by atoms with Crippen LogP contribution < -0.4 is 5.32 Å². The Morgan fingerprint density at radius 2 is 2.10 bits per heavy atom. The maximum Gasteiger partial charge on any atom is 0.332 e. The molecule has 0 spiro atoms. The summed E-state index contributed by atoms with van der Waals surface area (Å²) in [7, 11) is 0. The summed E-state index contributed by atoms with van der Waals surface area (Å²) in [6, 6.07) is 3.75. The van der Waals surface area contributed by atoms with E-state index in [0.717, 1.165) is 11.3 Å². The fourth-order valence-corrected chi connectivity index (χ4v) is 1.87. The van der Waals surface area contributed by atoms with Crippen molar-refractivity contribution >= 4 is 23.1 Å². The summed E-state index contributed by atoms with van der Waals surface area (Å²) in [6.45, 7) is 3.76. The van der Waals surface area contributed by atoms with E-state index in [1.165, 1.54) is 6.92 Å². The summed E-state index contributed by atoms with van der Waals surface area (Å²) in [5.41, 5.74) is 1.84. The molecule has 0 aromatic carbocycles. The first-order valence-corrected chi connectivity index (χ1v) is 6.19. The number of pyridine rings is 1. The van der Waals surface area contributed by atoms with Gasteiger partial charge < -0.3 is 5.32 Å².